The van der Waals surface area contributed by atoms with E-state index < -0.39 is 5.97 Å². The maximum Gasteiger partial charge on any atom is 0.305 e. The number of aryl methyl sites for hydroxylation is 1. The lowest BCUT2D eigenvalue weighted by Crippen LogP contribution is -2.14. The van der Waals surface area contributed by atoms with Gasteiger partial charge in [0.25, 0.3) is 0 Å². The average Bonchev–Trinajstić information content (AvgIpc) is 2.82. The van der Waals surface area contributed by atoms with Gasteiger partial charge >= 0.3 is 5.97 Å². The third-order valence-corrected chi connectivity index (χ3v) is 3.29. The van der Waals surface area contributed by atoms with Crippen LogP contribution in [-0.4, -0.2) is 31.3 Å². The molecule has 88 valence electrons. The first kappa shape index (κ1) is 11.0. The van der Waals surface area contributed by atoms with Gasteiger partial charge in [-0.2, -0.15) is 0 Å². The molecule has 2 rings (SSSR count). The molecule has 1 heterocycles. The first-order chi connectivity index (χ1) is 7.68. The van der Waals surface area contributed by atoms with E-state index in [1.165, 1.54) is 12.8 Å². The lowest BCUT2D eigenvalue weighted by molar-refractivity contribution is -0.137. The van der Waals surface area contributed by atoms with Crippen molar-refractivity contribution >= 4 is 5.97 Å². The van der Waals surface area contributed by atoms with Gasteiger partial charge in [-0.3, -0.25) is 4.79 Å². The van der Waals surface area contributed by atoms with Gasteiger partial charge in [0.05, 0.1) is 13.0 Å². The fraction of sp³-hybridized carbons (Fsp3) is 0.800. The molecular weight excluding hydrogens is 208 g/mol. The molecule has 0 amide bonds. The van der Waals surface area contributed by atoms with Crippen LogP contribution in [0.25, 0.3) is 0 Å². The monoisotopic (exact) mass is 224 g/mol. The highest BCUT2D eigenvalue weighted by Gasteiger charge is 2.29. The van der Waals surface area contributed by atoms with Crippen LogP contribution in [0, 0.1) is 5.92 Å². The Morgan fingerprint density at radius 3 is 3.00 bits per heavy atom. The molecule has 1 saturated carbocycles. The van der Waals surface area contributed by atoms with Crippen LogP contribution in [0.3, 0.4) is 0 Å². The van der Waals surface area contributed by atoms with Gasteiger partial charge in [0.15, 0.2) is 5.82 Å². The van der Waals surface area contributed by atoms with Gasteiger partial charge in [0.1, 0.15) is 0 Å². The zero-order valence-corrected chi connectivity index (χ0v) is 9.33. The van der Waals surface area contributed by atoms with E-state index in [1.54, 1.807) is 4.68 Å². The first-order valence-electron chi connectivity index (χ1n) is 5.66. The van der Waals surface area contributed by atoms with E-state index in [4.69, 9.17) is 5.11 Å². The number of carboxylic acids is 1. The quantitative estimate of drug-likeness (QED) is 0.826. The Morgan fingerprint density at radius 2 is 2.38 bits per heavy atom. The topological polar surface area (TPSA) is 80.9 Å². The van der Waals surface area contributed by atoms with E-state index in [9.17, 15) is 4.79 Å². The Morgan fingerprint density at radius 1 is 1.56 bits per heavy atom. The molecule has 0 spiro atoms. The fourth-order valence-electron chi connectivity index (χ4n) is 2.37. The molecule has 1 aliphatic rings. The molecule has 0 bridgehead atoms. The summed E-state index contributed by atoms with van der Waals surface area (Å²) in [5.74, 6) is 1.02. The summed E-state index contributed by atoms with van der Waals surface area (Å²) in [5, 5.41) is 20.2. The van der Waals surface area contributed by atoms with E-state index in [-0.39, 0.29) is 6.42 Å². The van der Waals surface area contributed by atoms with Crippen molar-refractivity contribution in [2.75, 3.05) is 0 Å². The molecule has 16 heavy (non-hydrogen) atoms. The van der Waals surface area contributed by atoms with Crippen LogP contribution in [0.5, 0.6) is 0 Å². The largest absolute Gasteiger partial charge is 0.481 e. The number of carboxylic acid groups (broad SMARTS) is 1. The van der Waals surface area contributed by atoms with E-state index in [0.717, 1.165) is 12.2 Å². The van der Waals surface area contributed by atoms with Crippen molar-refractivity contribution in [1.29, 1.82) is 0 Å². The van der Waals surface area contributed by atoms with Crippen LogP contribution in [0.2, 0.25) is 0 Å². The van der Waals surface area contributed by atoms with Gasteiger partial charge in [-0.25, -0.2) is 4.68 Å². The summed E-state index contributed by atoms with van der Waals surface area (Å²) >= 11 is 0. The maximum atomic E-state index is 10.5. The third kappa shape index (κ3) is 2.20. The highest BCUT2D eigenvalue weighted by Crippen LogP contribution is 2.37. The predicted molar refractivity (Wildman–Crippen MR) is 55.8 cm³/mol. The van der Waals surface area contributed by atoms with E-state index in [1.807, 2.05) is 0 Å². The summed E-state index contributed by atoms with van der Waals surface area (Å²) in [6.07, 6.45) is 3.59. The highest BCUT2D eigenvalue weighted by molar-refractivity contribution is 5.66. The van der Waals surface area contributed by atoms with Crippen LogP contribution in [0.15, 0.2) is 0 Å². The summed E-state index contributed by atoms with van der Waals surface area (Å²) in [4.78, 5) is 10.5. The zero-order chi connectivity index (χ0) is 11.5. The highest BCUT2D eigenvalue weighted by atomic mass is 16.4. The summed E-state index contributed by atoms with van der Waals surface area (Å²) in [7, 11) is 0. The van der Waals surface area contributed by atoms with Gasteiger partial charge in [-0.15, -0.1) is 5.10 Å². The normalized spacial score (nSPS) is 24.8. The minimum atomic E-state index is -0.819. The maximum absolute atomic E-state index is 10.5. The Bertz CT molecular complexity index is 377. The van der Waals surface area contributed by atoms with Crippen LogP contribution < -0.4 is 0 Å². The van der Waals surface area contributed by atoms with Gasteiger partial charge in [0.2, 0.25) is 0 Å². The molecule has 0 radical (unpaired) electrons. The molecule has 1 fully saturated rings. The number of nitrogens with zero attached hydrogens (tertiary/aromatic N) is 4. The van der Waals surface area contributed by atoms with Gasteiger partial charge < -0.3 is 5.11 Å². The van der Waals surface area contributed by atoms with E-state index >= 15 is 0 Å². The van der Waals surface area contributed by atoms with Crippen molar-refractivity contribution in [3.05, 3.63) is 5.82 Å². The molecule has 2 unspecified atom stereocenters. The van der Waals surface area contributed by atoms with Gasteiger partial charge in [-0.1, -0.05) is 13.3 Å². The summed E-state index contributed by atoms with van der Waals surface area (Å²) in [6.45, 7) is 2.56. The molecule has 1 N–H and O–H groups in total. The standard InChI is InChI=1S/C10H16N4O2/c1-7-3-2-4-8(7)10-11-12-13-14(10)6-5-9(15)16/h7-8H,2-6H2,1H3,(H,15,16). The second-order valence-electron chi connectivity index (χ2n) is 4.42. The van der Waals surface area contributed by atoms with Crippen molar-refractivity contribution in [1.82, 2.24) is 20.2 Å². The minimum Gasteiger partial charge on any atom is -0.481 e. The number of tetrazole rings is 1. The minimum absolute atomic E-state index is 0.0686. The first-order valence-corrected chi connectivity index (χ1v) is 5.66. The molecule has 1 aliphatic carbocycles. The second-order valence-corrected chi connectivity index (χ2v) is 4.42. The lowest BCUT2D eigenvalue weighted by atomic mass is 9.97. The SMILES string of the molecule is CC1CCCC1c1nnnn1CCC(=O)O. The van der Waals surface area contributed by atoms with Gasteiger partial charge in [0, 0.05) is 5.92 Å². The molecule has 6 nitrogen and oxygen atoms in total. The third-order valence-electron chi connectivity index (χ3n) is 3.29. The average molecular weight is 224 g/mol. The van der Waals surface area contributed by atoms with E-state index in [0.29, 0.717) is 18.4 Å². The number of hydrogen-bond acceptors (Lipinski definition) is 4. The number of carbonyl (C=O) groups is 1. The summed E-state index contributed by atoms with van der Waals surface area (Å²) in [5.41, 5.74) is 0. The Kier molecular flexibility index (Phi) is 3.17. The van der Waals surface area contributed by atoms with E-state index in [2.05, 4.69) is 22.4 Å². The fourth-order valence-corrected chi connectivity index (χ4v) is 2.37. The summed E-state index contributed by atoms with van der Waals surface area (Å²) < 4.78 is 1.64. The Hall–Kier alpha value is -1.46. The van der Waals surface area contributed by atoms with Crippen LogP contribution in [0.1, 0.15) is 44.3 Å². The summed E-state index contributed by atoms with van der Waals surface area (Å²) in [6, 6.07) is 0. The van der Waals surface area contributed by atoms with Crippen molar-refractivity contribution in [2.24, 2.45) is 5.92 Å². The lowest BCUT2D eigenvalue weighted by Gasteiger charge is -2.13. The number of hydrogen-bond donors (Lipinski definition) is 1. The zero-order valence-electron chi connectivity index (χ0n) is 9.33. The van der Waals surface area contributed by atoms with Crippen molar-refractivity contribution in [3.8, 4) is 0 Å². The van der Waals surface area contributed by atoms with Crippen molar-refractivity contribution in [3.63, 3.8) is 0 Å². The second kappa shape index (κ2) is 4.59. The van der Waals surface area contributed by atoms with Gasteiger partial charge in [-0.05, 0) is 29.2 Å². The molecular formula is C10H16N4O2. The van der Waals surface area contributed by atoms with Crippen molar-refractivity contribution < 1.29 is 9.90 Å². The molecule has 1 aromatic heterocycles. The smallest absolute Gasteiger partial charge is 0.305 e. The molecule has 0 aliphatic heterocycles. The Labute approximate surface area is 93.6 Å². The molecule has 6 heteroatoms. The number of aliphatic carboxylic acids is 1. The van der Waals surface area contributed by atoms with Crippen LogP contribution in [0.4, 0.5) is 0 Å². The molecule has 0 aromatic carbocycles. The number of aromatic nitrogens is 4. The van der Waals surface area contributed by atoms with Crippen LogP contribution >= 0.6 is 0 Å². The van der Waals surface area contributed by atoms with Crippen molar-refractivity contribution in [2.45, 2.75) is 45.1 Å². The molecule has 1 aromatic rings. The molecule has 2 atom stereocenters. The van der Waals surface area contributed by atoms with Crippen LogP contribution in [-0.2, 0) is 11.3 Å². The Balaban J connectivity index is 2.09. The number of rotatable bonds is 4. The predicted octanol–water partition coefficient (Wildman–Crippen LogP) is 1.05. The molecule has 0 saturated heterocycles.